The molecule has 2 atom stereocenters. The summed E-state index contributed by atoms with van der Waals surface area (Å²) in [7, 11) is 0. The summed E-state index contributed by atoms with van der Waals surface area (Å²) in [5, 5.41) is 8.35. The van der Waals surface area contributed by atoms with Crippen LogP contribution in [0.4, 0.5) is 0 Å². The lowest BCUT2D eigenvalue weighted by Crippen LogP contribution is -2.45. The number of Topliss-reactive ketones (excluding diaryl/α,β-unsaturated/α-hetero) is 1. The number of ether oxygens (including phenoxy) is 1. The van der Waals surface area contributed by atoms with E-state index in [9.17, 15) is 4.79 Å². The molecule has 30 heavy (non-hydrogen) atoms. The van der Waals surface area contributed by atoms with Crippen molar-refractivity contribution in [2.24, 2.45) is 5.10 Å². The fourth-order valence-corrected chi connectivity index (χ4v) is 4.24. The summed E-state index contributed by atoms with van der Waals surface area (Å²) < 4.78 is 6.11. The maximum absolute atomic E-state index is 13.3. The molecule has 3 aromatic carbocycles. The van der Waals surface area contributed by atoms with Crippen molar-refractivity contribution in [2.45, 2.75) is 18.7 Å². The molecule has 2 aliphatic rings. The number of halogens is 3. The number of carbonyl (C=O) groups excluding carboxylic acids is 1. The van der Waals surface area contributed by atoms with Crippen LogP contribution in [0.1, 0.15) is 33.9 Å². The first-order chi connectivity index (χ1) is 14.5. The summed E-state index contributed by atoms with van der Waals surface area (Å²) >= 11 is 18.2. The van der Waals surface area contributed by atoms with Gasteiger partial charge in [0.05, 0.1) is 11.8 Å². The Morgan fingerprint density at radius 2 is 1.53 bits per heavy atom. The van der Waals surface area contributed by atoms with Crippen molar-refractivity contribution < 1.29 is 9.53 Å². The minimum absolute atomic E-state index is 0.153. The van der Waals surface area contributed by atoms with Gasteiger partial charge in [-0.1, -0.05) is 46.9 Å². The van der Waals surface area contributed by atoms with Gasteiger partial charge >= 0.3 is 0 Å². The van der Waals surface area contributed by atoms with Crippen molar-refractivity contribution in [2.75, 3.05) is 0 Å². The number of hydrazone groups is 1. The molecule has 3 aromatic rings. The molecular weight excluding hydrogens is 443 g/mol. The molecule has 150 valence electrons. The molecule has 7 heteroatoms. The molecule has 0 fully saturated rings. The number of benzene rings is 3. The third-order valence-electron chi connectivity index (χ3n) is 5.28. The van der Waals surface area contributed by atoms with Gasteiger partial charge in [-0.25, -0.2) is 5.01 Å². The second-order valence-corrected chi connectivity index (χ2v) is 8.49. The minimum atomic E-state index is -0.880. The molecule has 0 radical (unpaired) electrons. The Labute approximate surface area is 188 Å². The van der Waals surface area contributed by atoms with Crippen molar-refractivity contribution in [1.82, 2.24) is 5.01 Å². The van der Waals surface area contributed by atoms with Gasteiger partial charge in [0.25, 0.3) is 6.23 Å². The van der Waals surface area contributed by atoms with Gasteiger partial charge in [-0.15, -0.1) is 0 Å². The molecule has 0 unspecified atom stereocenters. The van der Waals surface area contributed by atoms with E-state index in [1.807, 2.05) is 30.3 Å². The number of fused-ring (bicyclic) bond motifs is 3. The molecule has 0 N–H and O–H groups in total. The van der Waals surface area contributed by atoms with Crippen molar-refractivity contribution in [3.63, 3.8) is 0 Å². The van der Waals surface area contributed by atoms with Gasteiger partial charge in [0.2, 0.25) is 5.78 Å². The average Bonchev–Trinajstić information content (AvgIpc) is 3.19. The maximum atomic E-state index is 13.3. The van der Waals surface area contributed by atoms with E-state index in [0.717, 1.165) is 16.8 Å². The Bertz CT molecular complexity index is 1160. The number of rotatable bonds is 3. The van der Waals surface area contributed by atoms with Crippen molar-refractivity contribution in [1.29, 1.82) is 0 Å². The van der Waals surface area contributed by atoms with Crippen molar-refractivity contribution in [3.8, 4) is 5.75 Å². The van der Waals surface area contributed by atoms with Gasteiger partial charge in [-0.3, -0.25) is 4.79 Å². The first kappa shape index (κ1) is 19.4. The molecule has 0 spiro atoms. The topological polar surface area (TPSA) is 41.9 Å². The van der Waals surface area contributed by atoms with Crippen LogP contribution in [0.25, 0.3) is 0 Å². The normalized spacial score (nSPS) is 19.6. The van der Waals surface area contributed by atoms with Crippen LogP contribution in [0.5, 0.6) is 5.75 Å². The molecule has 5 rings (SSSR count). The number of carbonyl (C=O) groups is 1. The minimum Gasteiger partial charge on any atom is -0.461 e. The predicted octanol–water partition coefficient (Wildman–Crippen LogP) is 6.40. The number of nitrogens with zero attached hydrogens (tertiary/aromatic N) is 2. The molecule has 2 aliphatic heterocycles. The summed E-state index contributed by atoms with van der Waals surface area (Å²) in [6.07, 6.45) is -0.252. The smallest absolute Gasteiger partial charge is 0.251 e. The van der Waals surface area contributed by atoms with E-state index >= 15 is 0 Å². The molecule has 0 saturated heterocycles. The first-order valence-electron chi connectivity index (χ1n) is 9.37. The van der Waals surface area contributed by atoms with Gasteiger partial charge < -0.3 is 4.74 Å². The van der Waals surface area contributed by atoms with Crippen LogP contribution in [0, 0.1) is 0 Å². The average molecular weight is 458 g/mol. The lowest BCUT2D eigenvalue weighted by atomic mass is 9.96. The number of hydrogen-bond acceptors (Lipinski definition) is 4. The third-order valence-corrected chi connectivity index (χ3v) is 6.02. The molecule has 2 heterocycles. The van der Waals surface area contributed by atoms with Crippen LogP contribution >= 0.6 is 34.8 Å². The Kier molecular flexibility index (Phi) is 4.94. The SMILES string of the molecule is O=C(c1ccc(Cl)cc1)[C@H]1Oc2ccc(Cl)cc2[C@H]2CC(c3ccc(Cl)cc3)=NN12. The molecule has 0 saturated carbocycles. The van der Waals surface area contributed by atoms with E-state index in [1.165, 1.54) is 0 Å². The molecule has 0 aliphatic carbocycles. The molecule has 0 bridgehead atoms. The number of hydrogen-bond donors (Lipinski definition) is 0. The van der Waals surface area contributed by atoms with Crippen LogP contribution in [0.3, 0.4) is 0 Å². The van der Waals surface area contributed by atoms with Gasteiger partial charge in [0.15, 0.2) is 0 Å². The Balaban J connectivity index is 1.57. The number of ketones is 1. The summed E-state index contributed by atoms with van der Waals surface area (Å²) in [6, 6.07) is 19.6. The molecular formula is C23H15Cl3N2O2. The Morgan fingerprint density at radius 3 is 2.23 bits per heavy atom. The third kappa shape index (κ3) is 3.45. The highest BCUT2D eigenvalue weighted by atomic mass is 35.5. The predicted molar refractivity (Wildman–Crippen MR) is 119 cm³/mol. The lowest BCUT2D eigenvalue weighted by molar-refractivity contribution is -0.00455. The standard InChI is InChI=1S/C23H15Cl3N2O2/c24-15-5-1-13(2-6-15)19-12-20-18-11-17(26)9-10-21(18)30-23(28(20)27-19)22(29)14-3-7-16(25)8-4-14/h1-11,20,23H,12H2/t20-,23-/m1/s1. The van der Waals surface area contributed by atoms with Gasteiger partial charge in [0.1, 0.15) is 5.75 Å². The van der Waals surface area contributed by atoms with E-state index in [4.69, 9.17) is 44.6 Å². The fraction of sp³-hybridized carbons (Fsp3) is 0.130. The highest BCUT2D eigenvalue weighted by molar-refractivity contribution is 6.31. The highest BCUT2D eigenvalue weighted by Gasteiger charge is 2.43. The van der Waals surface area contributed by atoms with E-state index in [2.05, 4.69) is 0 Å². The quantitative estimate of drug-likeness (QED) is 0.427. The van der Waals surface area contributed by atoms with Crippen molar-refractivity contribution >= 4 is 46.3 Å². The zero-order chi connectivity index (χ0) is 20.8. The summed E-state index contributed by atoms with van der Waals surface area (Å²) in [5.41, 5.74) is 3.24. The van der Waals surface area contributed by atoms with Crippen LogP contribution < -0.4 is 4.74 Å². The van der Waals surface area contributed by atoms with E-state index in [0.29, 0.717) is 32.8 Å². The monoisotopic (exact) mass is 456 g/mol. The van der Waals surface area contributed by atoms with Crippen LogP contribution in [-0.2, 0) is 0 Å². The van der Waals surface area contributed by atoms with Gasteiger partial charge in [0, 0.05) is 32.6 Å². The maximum Gasteiger partial charge on any atom is 0.251 e. The largest absolute Gasteiger partial charge is 0.461 e. The van der Waals surface area contributed by atoms with Crippen LogP contribution in [-0.4, -0.2) is 22.7 Å². The van der Waals surface area contributed by atoms with Gasteiger partial charge in [-0.05, 0) is 60.2 Å². The fourth-order valence-electron chi connectivity index (χ4n) is 3.80. The first-order valence-corrected chi connectivity index (χ1v) is 10.5. The van der Waals surface area contributed by atoms with Crippen LogP contribution in [0.2, 0.25) is 15.1 Å². The van der Waals surface area contributed by atoms with Crippen LogP contribution in [0.15, 0.2) is 71.8 Å². The molecule has 0 amide bonds. The van der Waals surface area contributed by atoms with E-state index in [1.54, 1.807) is 41.4 Å². The van der Waals surface area contributed by atoms with E-state index < -0.39 is 6.23 Å². The Morgan fingerprint density at radius 1 is 0.900 bits per heavy atom. The van der Waals surface area contributed by atoms with E-state index in [-0.39, 0.29) is 11.8 Å². The summed E-state index contributed by atoms with van der Waals surface area (Å²) in [6.45, 7) is 0. The molecule has 4 nitrogen and oxygen atoms in total. The second-order valence-electron chi connectivity index (χ2n) is 7.18. The summed E-state index contributed by atoms with van der Waals surface area (Å²) in [5.74, 6) is 0.457. The zero-order valence-electron chi connectivity index (χ0n) is 15.6. The highest BCUT2D eigenvalue weighted by Crippen LogP contribution is 2.44. The summed E-state index contributed by atoms with van der Waals surface area (Å²) in [4.78, 5) is 13.3. The molecule has 0 aromatic heterocycles. The van der Waals surface area contributed by atoms with Gasteiger partial charge in [-0.2, -0.15) is 5.10 Å². The lowest BCUT2D eigenvalue weighted by Gasteiger charge is -2.37. The Hall–Kier alpha value is -2.53. The zero-order valence-corrected chi connectivity index (χ0v) is 17.8. The van der Waals surface area contributed by atoms with Crippen molar-refractivity contribution in [3.05, 3.63) is 98.5 Å². The second kappa shape index (κ2) is 7.62.